The van der Waals surface area contributed by atoms with Crippen molar-refractivity contribution in [2.45, 2.75) is 13.0 Å². The third-order valence-electron chi connectivity index (χ3n) is 4.82. The summed E-state index contributed by atoms with van der Waals surface area (Å²) in [6.07, 6.45) is 1.11. The number of thiocarbonyl (C=S) groups is 1. The Bertz CT molecular complexity index is 682. The minimum absolute atomic E-state index is 0.747. The van der Waals surface area contributed by atoms with E-state index in [-0.39, 0.29) is 0 Å². The van der Waals surface area contributed by atoms with Crippen LogP contribution in [0.1, 0.15) is 11.1 Å². The number of nitrogens with zero attached hydrogens (tertiary/aromatic N) is 2. The number of benzene rings is 2. The number of ether oxygens (including phenoxy) is 1. The van der Waals surface area contributed by atoms with Crippen LogP contribution in [-0.2, 0) is 13.0 Å². The van der Waals surface area contributed by atoms with E-state index in [0.717, 1.165) is 56.6 Å². The van der Waals surface area contributed by atoms with Gasteiger partial charge in [-0.05, 0) is 41.9 Å². The van der Waals surface area contributed by atoms with Gasteiger partial charge in [0.1, 0.15) is 5.75 Å². The highest BCUT2D eigenvalue weighted by Crippen LogP contribution is 2.11. The van der Waals surface area contributed by atoms with E-state index >= 15 is 0 Å². The van der Waals surface area contributed by atoms with Gasteiger partial charge in [0.2, 0.25) is 0 Å². The maximum atomic E-state index is 5.57. The topological polar surface area (TPSA) is 27.7 Å². The maximum Gasteiger partial charge on any atom is 0.169 e. The smallest absolute Gasteiger partial charge is 0.169 e. The molecule has 2 aromatic carbocycles. The van der Waals surface area contributed by atoms with Gasteiger partial charge in [-0.25, -0.2) is 0 Å². The van der Waals surface area contributed by atoms with Gasteiger partial charge in [-0.2, -0.15) is 0 Å². The molecule has 0 radical (unpaired) electrons. The lowest BCUT2D eigenvalue weighted by molar-refractivity contribution is 0.183. The van der Waals surface area contributed by atoms with Gasteiger partial charge in [0.05, 0.1) is 7.11 Å². The summed E-state index contributed by atoms with van der Waals surface area (Å²) in [6, 6.07) is 18.8. The monoisotopic (exact) mass is 369 g/mol. The molecule has 5 heteroatoms. The van der Waals surface area contributed by atoms with E-state index < -0.39 is 0 Å². The fourth-order valence-electron chi connectivity index (χ4n) is 3.14. The molecule has 0 aliphatic carbocycles. The molecule has 4 nitrogen and oxygen atoms in total. The number of methoxy groups -OCH3 is 1. The van der Waals surface area contributed by atoms with Gasteiger partial charge in [-0.1, -0.05) is 42.5 Å². The molecule has 0 unspecified atom stereocenters. The summed E-state index contributed by atoms with van der Waals surface area (Å²) in [5.74, 6) is 0.878. The third kappa shape index (κ3) is 5.44. The van der Waals surface area contributed by atoms with Crippen molar-refractivity contribution >= 4 is 17.3 Å². The summed E-state index contributed by atoms with van der Waals surface area (Å²) in [4.78, 5) is 4.80. The van der Waals surface area contributed by atoms with Gasteiger partial charge in [0.15, 0.2) is 5.11 Å². The lowest BCUT2D eigenvalue weighted by atomic mass is 10.1. The van der Waals surface area contributed by atoms with Crippen LogP contribution < -0.4 is 10.1 Å². The molecule has 0 atom stereocenters. The van der Waals surface area contributed by atoms with Crippen LogP contribution in [-0.4, -0.2) is 54.7 Å². The van der Waals surface area contributed by atoms with Crippen LogP contribution in [0.4, 0.5) is 0 Å². The van der Waals surface area contributed by atoms with Crippen LogP contribution in [0.2, 0.25) is 0 Å². The molecule has 0 bridgehead atoms. The average Bonchev–Trinajstić information content (AvgIpc) is 2.72. The number of nitrogens with one attached hydrogen (secondary N) is 1. The normalized spacial score (nSPS) is 14.9. The third-order valence-corrected chi connectivity index (χ3v) is 5.22. The van der Waals surface area contributed by atoms with E-state index in [1.54, 1.807) is 7.11 Å². The molecular weight excluding hydrogens is 342 g/mol. The van der Waals surface area contributed by atoms with Gasteiger partial charge >= 0.3 is 0 Å². The average molecular weight is 370 g/mol. The van der Waals surface area contributed by atoms with E-state index in [1.165, 1.54) is 11.1 Å². The Labute approximate surface area is 161 Å². The second kappa shape index (κ2) is 9.55. The zero-order valence-electron chi connectivity index (χ0n) is 15.4. The Morgan fingerprint density at radius 1 is 0.962 bits per heavy atom. The van der Waals surface area contributed by atoms with E-state index in [2.05, 4.69) is 57.6 Å². The molecule has 138 valence electrons. The van der Waals surface area contributed by atoms with E-state index in [9.17, 15) is 0 Å². The summed E-state index contributed by atoms with van der Waals surface area (Å²) in [5.41, 5.74) is 2.61. The molecule has 1 saturated heterocycles. The second-order valence-electron chi connectivity index (χ2n) is 6.57. The van der Waals surface area contributed by atoms with Crippen LogP contribution in [0, 0.1) is 0 Å². The van der Waals surface area contributed by atoms with Crippen LogP contribution in [0.5, 0.6) is 5.75 Å². The summed E-state index contributed by atoms with van der Waals surface area (Å²) in [6.45, 7) is 5.97. The lowest BCUT2D eigenvalue weighted by Crippen LogP contribution is -2.51. The molecule has 26 heavy (non-hydrogen) atoms. The van der Waals surface area contributed by atoms with Crippen LogP contribution in [0.25, 0.3) is 0 Å². The number of hydrogen-bond acceptors (Lipinski definition) is 3. The summed E-state index contributed by atoms with van der Waals surface area (Å²) < 4.78 is 5.19. The highest BCUT2D eigenvalue weighted by Gasteiger charge is 2.18. The highest BCUT2D eigenvalue weighted by atomic mass is 32.1. The van der Waals surface area contributed by atoms with Gasteiger partial charge < -0.3 is 15.0 Å². The van der Waals surface area contributed by atoms with Gasteiger partial charge in [0.25, 0.3) is 0 Å². The number of hydrogen-bond donors (Lipinski definition) is 1. The first-order chi connectivity index (χ1) is 12.7. The predicted octanol–water partition coefficient (Wildman–Crippen LogP) is 2.93. The molecule has 1 heterocycles. The SMILES string of the molecule is COc1ccc(CNC(=S)N2CCN(CCc3ccccc3)CC2)cc1. The van der Waals surface area contributed by atoms with Crippen LogP contribution in [0.3, 0.4) is 0 Å². The summed E-state index contributed by atoms with van der Waals surface area (Å²) in [7, 11) is 1.68. The van der Waals surface area contributed by atoms with Crippen molar-refractivity contribution < 1.29 is 4.74 Å². The van der Waals surface area contributed by atoms with Crippen molar-refractivity contribution in [1.29, 1.82) is 0 Å². The fraction of sp³-hybridized carbons (Fsp3) is 0.381. The Hall–Kier alpha value is -2.11. The molecule has 0 saturated carbocycles. The van der Waals surface area contributed by atoms with Gasteiger partial charge in [0, 0.05) is 39.3 Å². The standard InChI is InChI=1S/C21H27N3OS/c1-25-20-9-7-19(8-10-20)17-22-21(26)24-15-13-23(14-16-24)12-11-18-5-3-2-4-6-18/h2-10H,11-17H2,1H3,(H,22,26). The highest BCUT2D eigenvalue weighted by molar-refractivity contribution is 7.80. The van der Waals surface area contributed by atoms with Crippen molar-refractivity contribution in [3.8, 4) is 5.75 Å². The largest absolute Gasteiger partial charge is 0.497 e. The molecule has 2 aromatic rings. The number of rotatable bonds is 6. The minimum Gasteiger partial charge on any atom is -0.497 e. The Morgan fingerprint density at radius 3 is 2.31 bits per heavy atom. The van der Waals surface area contributed by atoms with Crippen LogP contribution >= 0.6 is 12.2 Å². The molecule has 1 fully saturated rings. The van der Waals surface area contributed by atoms with Crippen molar-refractivity contribution in [1.82, 2.24) is 15.1 Å². The van der Waals surface area contributed by atoms with E-state index in [0.29, 0.717) is 0 Å². The molecule has 1 N–H and O–H groups in total. The Balaban J connectivity index is 1.37. The van der Waals surface area contributed by atoms with Gasteiger partial charge in [-0.15, -0.1) is 0 Å². The molecule has 0 amide bonds. The van der Waals surface area contributed by atoms with Crippen molar-refractivity contribution in [3.05, 3.63) is 65.7 Å². The molecule has 0 aromatic heterocycles. The maximum absolute atomic E-state index is 5.57. The second-order valence-corrected chi connectivity index (χ2v) is 6.96. The lowest BCUT2D eigenvalue weighted by Gasteiger charge is -2.36. The first kappa shape index (κ1) is 18.7. The van der Waals surface area contributed by atoms with E-state index in [1.807, 2.05) is 12.1 Å². The zero-order valence-corrected chi connectivity index (χ0v) is 16.2. The zero-order chi connectivity index (χ0) is 18.2. The van der Waals surface area contributed by atoms with Crippen LogP contribution in [0.15, 0.2) is 54.6 Å². The minimum atomic E-state index is 0.747. The van der Waals surface area contributed by atoms with Gasteiger partial charge in [-0.3, -0.25) is 4.90 Å². The summed E-state index contributed by atoms with van der Waals surface area (Å²) >= 11 is 5.57. The fourth-order valence-corrected chi connectivity index (χ4v) is 3.39. The van der Waals surface area contributed by atoms with E-state index in [4.69, 9.17) is 17.0 Å². The molecule has 1 aliphatic heterocycles. The Kier molecular flexibility index (Phi) is 6.86. The van der Waals surface area contributed by atoms with Crippen molar-refractivity contribution in [2.75, 3.05) is 39.8 Å². The Morgan fingerprint density at radius 2 is 1.65 bits per heavy atom. The molecule has 1 aliphatic rings. The predicted molar refractivity (Wildman–Crippen MR) is 111 cm³/mol. The first-order valence-corrected chi connectivity index (χ1v) is 9.57. The molecule has 3 rings (SSSR count). The molecule has 0 spiro atoms. The van der Waals surface area contributed by atoms with Crippen molar-refractivity contribution in [3.63, 3.8) is 0 Å². The first-order valence-electron chi connectivity index (χ1n) is 9.16. The molecular formula is C21H27N3OS. The summed E-state index contributed by atoms with van der Waals surface area (Å²) in [5, 5.41) is 4.23. The van der Waals surface area contributed by atoms with Crippen molar-refractivity contribution in [2.24, 2.45) is 0 Å². The quantitative estimate of drug-likeness (QED) is 0.791. The number of piperazine rings is 1.